The molecule has 4 heterocycles. The molecule has 17 N–H and O–H groups in total. The Morgan fingerprint density at radius 1 is 0.622 bits per heavy atom. The van der Waals surface area contributed by atoms with E-state index in [2.05, 4.69) is 73.8 Å². The molecular weight excluding hydrogens is 1470 g/mol. The predicted octanol–water partition coefficient (Wildman–Crippen LogP) is 0.556. The number of nitrogens with zero attached hydrogens (tertiary/aromatic N) is 2. The zero-order valence-electron chi connectivity index (χ0n) is 64.6. The molecule has 2 aromatic heterocycles. The lowest BCUT2D eigenvalue weighted by Crippen LogP contribution is -2.67. The van der Waals surface area contributed by atoms with Gasteiger partial charge in [-0.05, 0) is 130 Å². The Balaban J connectivity index is 1.23. The van der Waals surface area contributed by atoms with Crippen molar-refractivity contribution in [1.82, 2.24) is 78.7 Å². The van der Waals surface area contributed by atoms with Crippen molar-refractivity contribution in [3.05, 3.63) is 125 Å². The van der Waals surface area contributed by atoms with Crippen LogP contribution in [0.25, 0.3) is 11.0 Å². The maximum absolute atomic E-state index is 15.2. The van der Waals surface area contributed by atoms with Crippen molar-refractivity contribution in [3.63, 3.8) is 0 Å². The maximum Gasteiger partial charge on any atom is 0.246 e. The first-order valence-electron chi connectivity index (χ1n) is 36.6. The van der Waals surface area contributed by atoms with Crippen molar-refractivity contribution in [2.75, 3.05) is 25.1 Å². The predicted molar refractivity (Wildman–Crippen MR) is 416 cm³/mol. The minimum Gasteiger partial charge on any atom is -0.508 e. The minimum absolute atomic E-state index is 0.00220. The van der Waals surface area contributed by atoms with Crippen LogP contribution in [0, 0.1) is 11.3 Å². The number of pyridine rings is 1. The van der Waals surface area contributed by atoms with Gasteiger partial charge in [-0.15, -0.1) is 0 Å². The normalized spacial score (nSPS) is 25.5. The van der Waals surface area contributed by atoms with Gasteiger partial charge in [0.25, 0.3) is 0 Å². The first-order valence-corrected chi connectivity index (χ1v) is 38.9. The Labute approximate surface area is 653 Å². The van der Waals surface area contributed by atoms with Crippen LogP contribution in [-0.4, -0.2) is 221 Å². The molecule has 2 aliphatic rings. The maximum atomic E-state index is 15.2. The van der Waals surface area contributed by atoms with Gasteiger partial charge in [0.1, 0.15) is 88.6 Å². The molecule has 2 aliphatic heterocycles. The Kier molecular flexibility index (Phi) is 30.9. The zero-order chi connectivity index (χ0) is 82.0. The number of thioether (sulfide) groups is 2. The highest BCUT2D eigenvalue weighted by Gasteiger charge is 2.46. The van der Waals surface area contributed by atoms with Gasteiger partial charge in [0.05, 0.1) is 12.2 Å². The standard InChI is InChI=1S/C77H105N15O17S2/c1-40(2)77(12)74(109)88-60(43(5)94)70(105)86-56(64(99)78-13)38-110-36-47-17-14-18-48(31-47)37-111-39-57(82-44(6)95)65(100)89-61(75(7,8)9)71(106)85-55(33-46-23-27-51(97)28-24-46)72(107)92-30-16-20-58(92)68(103)87-59(42(4)93)69(104)84-54(34-49-35-80-62-52(49)19-15-29-79-62)66(101)90-76(10,11)73(108)81-41(3)63(98)83-53(67(102)91-77)32-45-21-25-50(96)26-22-45/h14-15,17-19,21-29,31,35,40-43,53-61,93-94,96-97H,16,20,30,32-34,36-39H2,1-13H3,(H,78,99)(H,79,80)(H,81,108)(H,82,95)(H,83,98)(H,84,104)(H,85,106)(H,86,105)(H,87,103)(H,88,109)(H,89,100)(H,90,101)(H,91,102)/t41-,42+,43+,53-,54-,55-,56+,57-,58-,59-,60-,61+,77-/m0/s1. The van der Waals surface area contributed by atoms with E-state index in [4.69, 9.17) is 0 Å². The summed E-state index contributed by atoms with van der Waals surface area (Å²) >= 11 is 2.58. The van der Waals surface area contributed by atoms with Crippen LogP contribution in [0.15, 0.2) is 97.3 Å². The van der Waals surface area contributed by atoms with E-state index in [1.54, 1.807) is 52.9 Å². The molecule has 0 unspecified atom stereocenters. The van der Waals surface area contributed by atoms with Crippen LogP contribution in [0.3, 0.4) is 0 Å². The summed E-state index contributed by atoms with van der Waals surface area (Å²) in [4.78, 5) is 196. The quantitative estimate of drug-likeness (QED) is 0.0859. The number of aliphatic hydroxyl groups is 2. The number of hydrogen-bond acceptors (Lipinski definition) is 20. The van der Waals surface area contributed by atoms with E-state index in [1.165, 1.54) is 139 Å². The highest BCUT2D eigenvalue weighted by Crippen LogP contribution is 2.27. The second kappa shape index (κ2) is 39.0. The van der Waals surface area contributed by atoms with Crippen molar-refractivity contribution in [2.24, 2.45) is 11.3 Å². The Bertz CT molecular complexity index is 4190. The number of nitrogens with one attached hydrogen (secondary N) is 13. The number of rotatable bonds is 11. The van der Waals surface area contributed by atoms with E-state index >= 15 is 4.79 Å². The topological polar surface area (TPSA) is 479 Å². The Hall–Kier alpha value is -10.3. The van der Waals surface area contributed by atoms with Gasteiger partial charge in [0, 0.05) is 80.6 Å². The lowest BCUT2D eigenvalue weighted by molar-refractivity contribution is -0.143. The number of aromatic hydroxyl groups is 2. The molecule has 602 valence electrons. The molecule has 0 aliphatic carbocycles. The summed E-state index contributed by atoms with van der Waals surface area (Å²) in [5, 5.41) is 75.2. The van der Waals surface area contributed by atoms with E-state index in [-0.39, 0.29) is 61.7 Å². The van der Waals surface area contributed by atoms with Crippen molar-refractivity contribution < 1.29 is 82.8 Å². The number of carbonyl (C=O) groups excluding carboxylic acids is 13. The van der Waals surface area contributed by atoms with Crippen LogP contribution >= 0.6 is 23.5 Å². The molecule has 0 radical (unpaired) electrons. The number of carbonyl (C=O) groups is 13. The van der Waals surface area contributed by atoms with E-state index in [0.29, 0.717) is 39.2 Å². The molecule has 3 aromatic carbocycles. The Morgan fingerprint density at radius 2 is 1.17 bits per heavy atom. The van der Waals surface area contributed by atoms with E-state index < -0.39 is 172 Å². The lowest BCUT2D eigenvalue weighted by Gasteiger charge is -2.36. The van der Waals surface area contributed by atoms with Gasteiger partial charge in [-0.1, -0.05) is 83.1 Å². The van der Waals surface area contributed by atoms with Crippen molar-refractivity contribution >= 4 is 111 Å². The molecule has 1 fully saturated rings. The summed E-state index contributed by atoms with van der Waals surface area (Å²) < 4.78 is 0. The summed E-state index contributed by atoms with van der Waals surface area (Å²) in [6, 6.07) is 7.75. The van der Waals surface area contributed by atoms with Crippen molar-refractivity contribution in [3.8, 4) is 11.5 Å². The molecule has 0 spiro atoms. The first kappa shape index (κ1) is 87.9. The number of aromatic amines is 1. The summed E-state index contributed by atoms with van der Waals surface area (Å²) in [6.45, 7) is 17.2. The fraction of sp³-hybridized carbons (Fsp3) is 0.506. The van der Waals surface area contributed by atoms with Crippen LogP contribution in [0.1, 0.15) is 124 Å². The summed E-state index contributed by atoms with van der Waals surface area (Å²) in [5.41, 5.74) is -1.46. The number of hydrogen-bond donors (Lipinski definition) is 17. The molecule has 1 saturated heterocycles. The van der Waals surface area contributed by atoms with Gasteiger partial charge in [-0.2, -0.15) is 23.5 Å². The molecule has 32 nitrogen and oxygen atoms in total. The van der Waals surface area contributed by atoms with Gasteiger partial charge in [0.2, 0.25) is 76.8 Å². The molecule has 34 heteroatoms. The van der Waals surface area contributed by atoms with E-state index in [1.807, 2.05) is 24.3 Å². The number of fused-ring (bicyclic) bond motifs is 4. The second-order valence-electron chi connectivity index (χ2n) is 30.2. The van der Waals surface area contributed by atoms with Gasteiger partial charge in [-0.25, -0.2) is 4.98 Å². The molecule has 13 amide bonds. The smallest absolute Gasteiger partial charge is 0.246 e. The number of phenolic OH excluding ortho intramolecular Hbond substituents is 2. The number of benzene rings is 3. The molecule has 0 saturated carbocycles. The molecule has 111 heavy (non-hydrogen) atoms. The lowest BCUT2D eigenvalue weighted by atomic mass is 9.85. The Morgan fingerprint density at radius 3 is 1.75 bits per heavy atom. The number of phenols is 2. The summed E-state index contributed by atoms with van der Waals surface area (Å²) in [6.07, 6.45) is -0.530. The molecule has 2 bridgehead atoms. The number of amides is 13. The SMILES string of the molecule is CNC(=O)[C@H]1CSCc2cccc(c2)CSC[C@H](NC(C)=O)C(=O)N[C@@H](C(C)(C)C)C(=O)N[C@@H](Cc2ccc(O)cc2)C(=O)N2CCC[C@H]2C(=O)N[C@@H]([C@@H](C)O)C(=O)N[C@@H](Cc2c[nH]c3ncccc23)C(=O)NC(C)(C)C(=O)N[C@@H](C)C(=O)N[C@@H](Cc2ccc(O)cc2)C(=O)N[C@@](C)(C(C)C)C(=O)N[C@@H]([C@@H](C)O)C(=O)N1. The number of H-pyrrole nitrogens is 1. The summed E-state index contributed by atoms with van der Waals surface area (Å²) in [5.74, 6) is -11.3. The van der Waals surface area contributed by atoms with Crippen LogP contribution in [0.4, 0.5) is 0 Å². The average molecular weight is 1580 g/mol. The highest BCUT2D eigenvalue weighted by atomic mass is 32.2. The number of aromatic nitrogens is 2. The second-order valence-corrected chi connectivity index (χ2v) is 32.3. The van der Waals surface area contributed by atoms with Crippen LogP contribution in [0.2, 0.25) is 0 Å². The molecule has 13 atom stereocenters. The van der Waals surface area contributed by atoms with E-state index in [9.17, 15) is 78.0 Å². The first-order chi connectivity index (χ1) is 52.2. The third-order valence-electron chi connectivity index (χ3n) is 19.4. The van der Waals surface area contributed by atoms with Crippen LogP contribution in [-0.2, 0) is 93.1 Å². The fourth-order valence-corrected chi connectivity index (χ4v) is 14.5. The van der Waals surface area contributed by atoms with E-state index in [0.717, 1.165) is 11.1 Å². The monoisotopic (exact) mass is 1580 g/mol. The molecule has 5 aromatic rings. The minimum atomic E-state index is -1.92. The van der Waals surface area contributed by atoms with Gasteiger partial charge >= 0.3 is 0 Å². The van der Waals surface area contributed by atoms with Gasteiger partial charge < -0.3 is 94.1 Å². The number of likely N-dealkylation sites (N-methyl/N-ethyl adjacent to an activating group) is 1. The van der Waals surface area contributed by atoms with Crippen molar-refractivity contribution in [1.29, 1.82) is 0 Å². The third-order valence-corrected chi connectivity index (χ3v) is 21.6. The molecule has 7 rings (SSSR count). The number of aliphatic hydroxyl groups excluding tert-OH is 2. The largest absolute Gasteiger partial charge is 0.508 e. The average Bonchev–Trinajstić information content (AvgIpc) is 1.68. The summed E-state index contributed by atoms with van der Waals surface area (Å²) in [7, 11) is 1.37. The van der Waals surface area contributed by atoms with Gasteiger partial charge in [0.15, 0.2) is 0 Å². The van der Waals surface area contributed by atoms with Crippen molar-refractivity contribution in [2.45, 2.75) is 210 Å². The van der Waals surface area contributed by atoms with Gasteiger partial charge in [-0.3, -0.25) is 62.3 Å². The van der Waals surface area contributed by atoms with Crippen LogP contribution in [0.5, 0.6) is 11.5 Å². The van der Waals surface area contributed by atoms with Crippen LogP contribution < -0.4 is 63.8 Å². The fourth-order valence-electron chi connectivity index (χ4n) is 12.5. The zero-order valence-corrected chi connectivity index (χ0v) is 66.3. The highest BCUT2D eigenvalue weighted by molar-refractivity contribution is 7.98. The third kappa shape index (κ3) is 24.3. The molecular formula is C77H105N15O17S2.